The molecule has 8 heteroatoms. The molecule has 1 fully saturated rings. The zero-order valence-electron chi connectivity index (χ0n) is 21.0. The number of ether oxygens (including phenoxy) is 2. The smallest absolute Gasteiger partial charge is 0.465 e. The van der Waals surface area contributed by atoms with Crippen LogP contribution in [0.3, 0.4) is 0 Å². The summed E-state index contributed by atoms with van der Waals surface area (Å²) in [6.45, 7) is 6.58. The second kappa shape index (κ2) is 10.7. The molecular weight excluding hydrogens is 457 g/mol. The number of methoxy groups -OCH3 is 1. The first-order chi connectivity index (χ1) is 16.4. The maximum absolute atomic E-state index is 12.2. The van der Waals surface area contributed by atoms with E-state index in [0.29, 0.717) is 22.9 Å². The average Bonchev–Trinajstić information content (AvgIpc) is 3.07. The van der Waals surface area contributed by atoms with Gasteiger partial charge in [0.2, 0.25) is 0 Å². The number of esters is 1. The number of carbonyl (C=O) groups is 1. The van der Waals surface area contributed by atoms with Gasteiger partial charge >= 0.3 is 12.3 Å². The zero-order chi connectivity index (χ0) is 25.8. The van der Waals surface area contributed by atoms with Crippen molar-refractivity contribution < 1.29 is 27.4 Å². The van der Waals surface area contributed by atoms with E-state index in [2.05, 4.69) is 23.6 Å². The maximum Gasteiger partial charge on any atom is 0.573 e. The van der Waals surface area contributed by atoms with Crippen molar-refractivity contribution >= 4 is 17.0 Å². The molecule has 2 aromatic carbocycles. The van der Waals surface area contributed by atoms with Crippen LogP contribution in [0, 0.1) is 12.3 Å². The Kier molecular flexibility index (Phi) is 8.13. The average molecular weight is 491 g/mol. The van der Waals surface area contributed by atoms with Gasteiger partial charge in [-0.15, -0.1) is 13.2 Å². The third-order valence-electron chi connectivity index (χ3n) is 6.45. The minimum Gasteiger partial charge on any atom is -0.465 e. The van der Waals surface area contributed by atoms with Crippen molar-refractivity contribution in [3.05, 3.63) is 58.9 Å². The molecule has 0 radical (unpaired) electrons. The fourth-order valence-corrected chi connectivity index (χ4v) is 4.38. The molecule has 4 rings (SSSR count). The van der Waals surface area contributed by atoms with Gasteiger partial charge in [-0.2, -0.15) is 0 Å². The largest absolute Gasteiger partial charge is 0.573 e. The lowest BCUT2D eigenvalue weighted by Gasteiger charge is -2.28. The molecule has 0 saturated heterocycles. The summed E-state index contributed by atoms with van der Waals surface area (Å²) >= 11 is 0. The first kappa shape index (κ1) is 26.6. The lowest BCUT2D eigenvalue weighted by atomic mass is 9.78. The van der Waals surface area contributed by atoms with Crippen molar-refractivity contribution in [1.29, 1.82) is 0 Å². The highest BCUT2D eigenvalue weighted by Crippen LogP contribution is 2.34. The molecule has 190 valence electrons. The van der Waals surface area contributed by atoms with E-state index in [-0.39, 0.29) is 5.75 Å². The summed E-state index contributed by atoms with van der Waals surface area (Å²) in [4.78, 5) is 16.4. The highest BCUT2D eigenvalue weighted by molar-refractivity contribution is 5.95. The van der Waals surface area contributed by atoms with E-state index in [1.165, 1.54) is 51.3 Å². The van der Waals surface area contributed by atoms with E-state index in [4.69, 9.17) is 4.74 Å². The van der Waals surface area contributed by atoms with Gasteiger partial charge in [-0.05, 0) is 60.6 Å². The third-order valence-corrected chi connectivity index (χ3v) is 6.45. The number of aromatic nitrogens is 2. The predicted molar refractivity (Wildman–Crippen MR) is 130 cm³/mol. The second-order valence-electron chi connectivity index (χ2n) is 9.83. The van der Waals surface area contributed by atoms with E-state index < -0.39 is 12.3 Å². The van der Waals surface area contributed by atoms with E-state index in [9.17, 15) is 18.0 Å². The zero-order valence-corrected chi connectivity index (χ0v) is 21.0. The van der Waals surface area contributed by atoms with Crippen LogP contribution in [0.25, 0.3) is 11.0 Å². The van der Waals surface area contributed by atoms with Crippen LogP contribution in [0.2, 0.25) is 0 Å². The Bertz CT molecular complexity index is 1160. The normalized spacial score (nSPS) is 15.3. The van der Waals surface area contributed by atoms with Crippen LogP contribution >= 0.6 is 0 Å². The quantitative estimate of drug-likeness (QED) is 0.365. The molecule has 3 aromatic rings. The summed E-state index contributed by atoms with van der Waals surface area (Å²) in [5.41, 5.74) is 4.19. The summed E-state index contributed by atoms with van der Waals surface area (Å²) in [5.74, 6) is 0.0207. The minimum atomic E-state index is -4.71. The second-order valence-corrected chi connectivity index (χ2v) is 9.83. The standard InChI is InChI=1S/C19H17F3N2O3.C8H16/c1-11-8-16-15(10-14(11)18(25)26-3)23-17(24(16)2)9-12-4-6-13(7-5-12)27-19(20,21)22;1-8(2)6-4-3-5-7-8/h4-8,10H,9H2,1-3H3;3-7H2,1-2H3. The van der Waals surface area contributed by atoms with Gasteiger partial charge in [0.05, 0.1) is 23.7 Å². The Morgan fingerprint density at radius 3 is 2.23 bits per heavy atom. The van der Waals surface area contributed by atoms with Gasteiger partial charge in [0.15, 0.2) is 0 Å². The van der Waals surface area contributed by atoms with E-state index in [0.717, 1.165) is 22.5 Å². The molecule has 0 bridgehead atoms. The highest BCUT2D eigenvalue weighted by atomic mass is 19.4. The summed E-state index contributed by atoms with van der Waals surface area (Å²) in [6.07, 6.45) is 3.02. The summed E-state index contributed by atoms with van der Waals surface area (Å²) in [7, 11) is 3.17. The van der Waals surface area contributed by atoms with Crippen LogP contribution in [-0.4, -0.2) is 29.0 Å². The molecule has 0 spiro atoms. The summed E-state index contributed by atoms with van der Waals surface area (Å²) in [6, 6.07) is 9.20. The van der Waals surface area contributed by atoms with Gasteiger partial charge in [0, 0.05) is 13.5 Å². The van der Waals surface area contributed by atoms with Crippen LogP contribution in [0.15, 0.2) is 36.4 Å². The van der Waals surface area contributed by atoms with E-state index in [1.54, 1.807) is 18.2 Å². The lowest BCUT2D eigenvalue weighted by molar-refractivity contribution is -0.274. The van der Waals surface area contributed by atoms with Crippen molar-refractivity contribution in [3.63, 3.8) is 0 Å². The number of rotatable bonds is 4. The molecule has 1 saturated carbocycles. The molecular formula is C27H33F3N2O3. The van der Waals surface area contributed by atoms with Gasteiger partial charge in [0.1, 0.15) is 11.6 Å². The summed E-state index contributed by atoms with van der Waals surface area (Å²) < 4.78 is 47.3. The first-order valence-electron chi connectivity index (χ1n) is 11.8. The molecule has 0 unspecified atom stereocenters. The fraction of sp³-hybridized carbons (Fsp3) is 0.481. The number of benzene rings is 2. The van der Waals surface area contributed by atoms with Gasteiger partial charge in [0.25, 0.3) is 0 Å². The number of fused-ring (bicyclic) bond motifs is 1. The molecule has 1 aliphatic carbocycles. The Labute approximate surface area is 204 Å². The van der Waals surface area contributed by atoms with E-state index in [1.807, 2.05) is 24.6 Å². The molecule has 1 heterocycles. The van der Waals surface area contributed by atoms with Crippen molar-refractivity contribution in [3.8, 4) is 5.75 Å². The Hall–Kier alpha value is -3.03. The number of carbonyl (C=O) groups excluding carboxylic acids is 1. The molecule has 0 atom stereocenters. The van der Waals surface area contributed by atoms with Crippen molar-refractivity contribution in [2.45, 2.75) is 65.7 Å². The van der Waals surface area contributed by atoms with Crippen LogP contribution in [0.5, 0.6) is 5.75 Å². The third kappa shape index (κ3) is 7.23. The molecule has 0 amide bonds. The molecule has 0 N–H and O–H groups in total. The van der Waals surface area contributed by atoms with E-state index >= 15 is 0 Å². The molecule has 0 aliphatic heterocycles. The van der Waals surface area contributed by atoms with Crippen LogP contribution < -0.4 is 4.74 Å². The van der Waals surface area contributed by atoms with Crippen molar-refractivity contribution in [1.82, 2.24) is 9.55 Å². The topological polar surface area (TPSA) is 53.4 Å². The SMILES string of the molecule is CC1(C)CCCCC1.COC(=O)c1cc2nc(Cc3ccc(OC(F)(F)F)cc3)n(C)c2cc1C. The van der Waals surface area contributed by atoms with Crippen LogP contribution in [0.1, 0.15) is 73.3 Å². The molecule has 1 aromatic heterocycles. The van der Waals surface area contributed by atoms with Crippen LogP contribution in [0.4, 0.5) is 13.2 Å². The Morgan fingerprint density at radius 2 is 1.71 bits per heavy atom. The van der Waals surface area contributed by atoms with Crippen molar-refractivity contribution in [2.24, 2.45) is 12.5 Å². The minimum absolute atomic E-state index is 0.269. The monoisotopic (exact) mass is 490 g/mol. The summed E-state index contributed by atoms with van der Waals surface area (Å²) in [5, 5.41) is 0. The maximum atomic E-state index is 12.2. The van der Waals surface area contributed by atoms with Gasteiger partial charge in [-0.25, -0.2) is 9.78 Å². The molecule has 5 nitrogen and oxygen atoms in total. The van der Waals surface area contributed by atoms with Gasteiger partial charge < -0.3 is 14.0 Å². The predicted octanol–water partition coefficient (Wildman–Crippen LogP) is 7.13. The Balaban J connectivity index is 0.000000363. The highest BCUT2D eigenvalue weighted by Gasteiger charge is 2.31. The first-order valence-corrected chi connectivity index (χ1v) is 11.8. The number of alkyl halides is 3. The molecule has 35 heavy (non-hydrogen) atoms. The number of hydrogen-bond acceptors (Lipinski definition) is 4. The van der Waals surface area contributed by atoms with Crippen LogP contribution in [-0.2, 0) is 18.2 Å². The Morgan fingerprint density at radius 1 is 1.09 bits per heavy atom. The number of nitrogens with zero attached hydrogens (tertiary/aromatic N) is 2. The number of imidazole rings is 1. The number of hydrogen-bond donors (Lipinski definition) is 0. The van der Waals surface area contributed by atoms with Gasteiger partial charge in [-0.1, -0.05) is 45.2 Å². The molecule has 1 aliphatic rings. The number of aryl methyl sites for hydroxylation is 2. The van der Waals surface area contributed by atoms with Gasteiger partial charge in [-0.3, -0.25) is 0 Å². The van der Waals surface area contributed by atoms with Crippen molar-refractivity contribution in [2.75, 3.05) is 7.11 Å². The number of halogens is 3. The lowest BCUT2D eigenvalue weighted by Crippen LogP contribution is -2.17. The fourth-order valence-electron chi connectivity index (χ4n) is 4.38.